The average Bonchev–Trinajstić information content (AvgIpc) is 2.45. The van der Waals surface area contributed by atoms with Crippen LogP contribution in [0.15, 0.2) is 36.4 Å². The van der Waals surface area contributed by atoms with Crippen LogP contribution in [0, 0.1) is 15.9 Å². The smallest absolute Gasteiger partial charge is 0.274 e. The summed E-state index contributed by atoms with van der Waals surface area (Å²) >= 11 is 5.90. The maximum absolute atomic E-state index is 13.2. The molecule has 0 spiro atoms. The lowest BCUT2D eigenvalue weighted by atomic mass is 10.1. The number of benzene rings is 2. The van der Waals surface area contributed by atoms with Crippen LogP contribution in [0.3, 0.4) is 0 Å². The monoisotopic (exact) mass is 310 g/mol. The molecule has 0 amide bonds. The summed E-state index contributed by atoms with van der Waals surface area (Å²) in [6.07, 6.45) is 0. The van der Waals surface area contributed by atoms with Gasteiger partial charge in [-0.2, -0.15) is 0 Å². The Morgan fingerprint density at radius 1 is 1.33 bits per heavy atom. The zero-order valence-electron chi connectivity index (χ0n) is 11.1. The van der Waals surface area contributed by atoms with E-state index >= 15 is 0 Å². The van der Waals surface area contributed by atoms with Gasteiger partial charge in [-0.1, -0.05) is 11.6 Å². The van der Waals surface area contributed by atoms with Crippen LogP contribution >= 0.6 is 11.6 Å². The summed E-state index contributed by atoms with van der Waals surface area (Å²) < 4.78 is 18.4. The number of nitrogens with zero attached hydrogens (tertiary/aromatic N) is 1. The van der Waals surface area contributed by atoms with Crippen molar-refractivity contribution in [3.8, 4) is 5.75 Å². The fraction of sp³-hybridized carbons (Fsp3) is 0.143. The number of hydrogen-bond donors (Lipinski definition) is 1. The van der Waals surface area contributed by atoms with E-state index in [9.17, 15) is 14.5 Å². The normalized spacial score (nSPS) is 10.2. The Hall–Kier alpha value is -2.34. The molecule has 0 aliphatic carbocycles. The highest BCUT2D eigenvalue weighted by molar-refractivity contribution is 6.30. The molecule has 5 nitrogen and oxygen atoms in total. The van der Waals surface area contributed by atoms with Gasteiger partial charge in [-0.3, -0.25) is 10.1 Å². The second-order valence-electron chi connectivity index (χ2n) is 4.23. The van der Waals surface area contributed by atoms with E-state index in [-0.39, 0.29) is 17.8 Å². The average molecular weight is 311 g/mol. The van der Waals surface area contributed by atoms with E-state index in [1.807, 2.05) is 0 Å². The fourth-order valence-corrected chi connectivity index (χ4v) is 2.05. The summed E-state index contributed by atoms with van der Waals surface area (Å²) in [4.78, 5) is 10.4. The Morgan fingerprint density at radius 2 is 2.10 bits per heavy atom. The summed E-state index contributed by atoms with van der Waals surface area (Å²) in [6, 6.07) is 8.29. The Morgan fingerprint density at radius 3 is 2.76 bits per heavy atom. The number of hydrogen-bond acceptors (Lipinski definition) is 4. The molecular formula is C14H12ClFN2O3. The molecule has 0 unspecified atom stereocenters. The van der Waals surface area contributed by atoms with Gasteiger partial charge in [0.25, 0.3) is 5.69 Å². The molecular weight excluding hydrogens is 299 g/mol. The number of nitrogens with one attached hydrogen (secondary N) is 1. The molecule has 1 N–H and O–H groups in total. The molecule has 110 valence electrons. The first-order chi connectivity index (χ1) is 10.0. The van der Waals surface area contributed by atoms with E-state index in [1.54, 1.807) is 18.2 Å². The zero-order chi connectivity index (χ0) is 15.4. The van der Waals surface area contributed by atoms with Gasteiger partial charge in [0.1, 0.15) is 11.6 Å². The van der Waals surface area contributed by atoms with Crippen molar-refractivity contribution in [3.05, 3.63) is 62.9 Å². The van der Waals surface area contributed by atoms with Crippen molar-refractivity contribution < 1.29 is 14.1 Å². The third-order valence-corrected chi connectivity index (χ3v) is 3.10. The van der Waals surface area contributed by atoms with Crippen molar-refractivity contribution in [1.82, 2.24) is 0 Å². The number of halogens is 2. The third-order valence-electron chi connectivity index (χ3n) is 2.87. The topological polar surface area (TPSA) is 64.4 Å². The van der Waals surface area contributed by atoms with Crippen LogP contribution < -0.4 is 10.1 Å². The van der Waals surface area contributed by atoms with Crippen LogP contribution in [-0.2, 0) is 6.54 Å². The van der Waals surface area contributed by atoms with Crippen molar-refractivity contribution in [2.24, 2.45) is 0 Å². The molecule has 0 fully saturated rings. The molecule has 0 saturated carbocycles. The third kappa shape index (κ3) is 3.61. The number of nitro benzene ring substituents is 1. The first-order valence-electron chi connectivity index (χ1n) is 6.01. The van der Waals surface area contributed by atoms with Crippen LogP contribution in [0.25, 0.3) is 0 Å². The Bertz CT molecular complexity index is 679. The molecule has 7 heteroatoms. The maximum Gasteiger partial charge on any atom is 0.274 e. The summed E-state index contributed by atoms with van der Waals surface area (Å²) in [7, 11) is 1.50. The van der Waals surface area contributed by atoms with Crippen molar-refractivity contribution >= 4 is 23.0 Å². The lowest BCUT2D eigenvalue weighted by molar-refractivity contribution is -0.385. The quantitative estimate of drug-likeness (QED) is 0.669. The van der Waals surface area contributed by atoms with E-state index in [4.69, 9.17) is 16.3 Å². The highest BCUT2D eigenvalue weighted by Gasteiger charge is 2.14. The Balaban J connectivity index is 2.26. The summed E-state index contributed by atoms with van der Waals surface area (Å²) in [5, 5.41) is 14.4. The van der Waals surface area contributed by atoms with Crippen molar-refractivity contribution in [2.45, 2.75) is 6.54 Å². The molecule has 2 rings (SSSR count). The molecule has 0 aromatic heterocycles. The second kappa shape index (κ2) is 6.41. The second-order valence-corrected chi connectivity index (χ2v) is 4.66. The van der Waals surface area contributed by atoms with E-state index in [0.717, 1.165) is 18.2 Å². The molecule has 0 heterocycles. The van der Waals surface area contributed by atoms with Gasteiger partial charge in [0.2, 0.25) is 0 Å². The number of anilines is 1. The van der Waals surface area contributed by atoms with Gasteiger partial charge in [-0.05, 0) is 30.3 Å². The van der Waals surface area contributed by atoms with Crippen LogP contribution in [-0.4, -0.2) is 12.0 Å². The minimum absolute atomic E-state index is 0.0742. The fourth-order valence-electron chi connectivity index (χ4n) is 1.88. The van der Waals surface area contributed by atoms with Crippen molar-refractivity contribution in [2.75, 3.05) is 12.4 Å². The molecule has 0 aliphatic rings. The largest absolute Gasteiger partial charge is 0.495 e. The first-order valence-corrected chi connectivity index (χ1v) is 6.39. The van der Waals surface area contributed by atoms with Gasteiger partial charge in [0.05, 0.1) is 23.3 Å². The molecule has 0 saturated heterocycles. The lowest BCUT2D eigenvalue weighted by Gasteiger charge is -2.11. The van der Waals surface area contributed by atoms with E-state index in [2.05, 4.69) is 5.32 Å². The minimum Gasteiger partial charge on any atom is -0.495 e. The summed E-state index contributed by atoms with van der Waals surface area (Å²) in [5.41, 5.74) is 0.662. The predicted molar refractivity (Wildman–Crippen MR) is 78.4 cm³/mol. The lowest BCUT2D eigenvalue weighted by Crippen LogP contribution is -2.05. The highest BCUT2D eigenvalue weighted by atomic mass is 35.5. The van der Waals surface area contributed by atoms with Crippen LogP contribution in [0.4, 0.5) is 15.8 Å². The van der Waals surface area contributed by atoms with Gasteiger partial charge in [-0.15, -0.1) is 0 Å². The molecule has 0 bridgehead atoms. The molecule has 0 aliphatic heterocycles. The number of nitro groups is 1. The van der Waals surface area contributed by atoms with Gasteiger partial charge in [0.15, 0.2) is 0 Å². The van der Waals surface area contributed by atoms with Crippen LogP contribution in [0.2, 0.25) is 5.02 Å². The summed E-state index contributed by atoms with van der Waals surface area (Å²) in [5.74, 6) is 0.00825. The minimum atomic E-state index is -0.550. The highest BCUT2D eigenvalue weighted by Crippen LogP contribution is 2.29. The number of ether oxygens (including phenoxy) is 1. The number of rotatable bonds is 5. The predicted octanol–water partition coefficient (Wildman–Crippen LogP) is 4.01. The maximum atomic E-state index is 13.2. The molecule has 21 heavy (non-hydrogen) atoms. The SMILES string of the molecule is COc1ccc(Cl)cc1NCc1cc(F)ccc1[N+](=O)[O-]. The van der Waals surface area contributed by atoms with Crippen LogP contribution in [0.1, 0.15) is 5.56 Å². The standard InChI is InChI=1S/C14H12ClFN2O3/c1-21-14-5-2-10(15)7-12(14)17-8-9-6-11(16)3-4-13(9)18(19)20/h2-7,17H,8H2,1H3. The summed E-state index contributed by atoms with van der Waals surface area (Å²) in [6.45, 7) is 0.0742. The van der Waals surface area contributed by atoms with Gasteiger partial charge in [0, 0.05) is 17.6 Å². The first kappa shape index (κ1) is 15.1. The van der Waals surface area contributed by atoms with E-state index in [1.165, 1.54) is 7.11 Å². The van der Waals surface area contributed by atoms with Crippen LogP contribution in [0.5, 0.6) is 5.75 Å². The Labute approximate surface area is 125 Å². The van der Waals surface area contributed by atoms with Gasteiger partial charge < -0.3 is 10.1 Å². The van der Waals surface area contributed by atoms with E-state index < -0.39 is 10.7 Å². The van der Waals surface area contributed by atoms with Gasteiger partial charge in [-0.25, -0.2) is 4.39 Å². The molecule has 2 aromatic carbocycles. The van der Waals surface area contributed by atoms with Crippen molar-refractivity contribution in [3.63, 3.8) is 0 Å². The Kier molecular flexibility index (Phi) is 4.59. The van der Waals surface area contributed by atoms with Gasteiger partial charge >= 0.3 is 0 Å². The number of methoxy groups -OCH3 is 1. The molecule has 0 radical (unpaired) electrons. The van der Waals surface area contributed by atoms with Crippen molar-refractivity contribution in [1.29, 1.82) is 0 Å². The molecule has 2 aromatic rings. The molecule has 0 atom stereocenters. The van der Waals surface area contributed by atoms with E-state index in [0.29, 0.717) is 16.5 Å². The zero-order valence-corrected chi connectivity index (χ0v) is 11.9.